The van der Waals surface area contributed by atoms with Gasteiger partial charge < -0.3 is 16.4 Å². The molecule has 0 aromatic carbocycles. The number of rotatable bonds is 6. The van der Waals surface area contributed by atoms with Crippen LogP contribution in [0.3, 0.4) is 0 Å². The molecule has 0 radical (unpaired) electrons. The van der Waals surface area contributed by atoms with Gasteiger partial charge in [-0.3, -0.25) is 0 Å². The van der Waals surface area contributed by atoms with E-state index in [-0.39, 0.29) is 6.04 Å². The molecule has 112 valence electrons. The number of hydrogen-bond acceptors (Lipinski definition) is 5. The SMILES string of the molecule is CCNc1nccc(/C(NC2C=CC(CC)=C2)=C(\C)N)n1. The van der Waals surface area contributed by atoms with Crippen molar-refractivity contribution in [2.24, 2.45) is 5.73 Å². The van der Waals surface area contributed by atoms with Gasteiger partial charge in [0.25, 0.3) is 0 Å². The van der Waals surface area contributed by atoms with Gasteiger partial charge in [0.1, 0.15) is 0 Å². The zero-order chi connectivity index (χ0) is 15.2. The molecule has 0 fully saturated rings. The third kappa shape index (κ3) is 3.84. The molecular weight excluding hydrogens is 262 g/mol. The van der Waals surface area contributed by atoms with Gasteiger partial charge in [0, 0.05) is 18.4 Å². The quantitative estimate of drug-likeness (QED) is 0.748. The number of nitrogens with zero attached hydrogens (tertiary/aromatic N) is 2. The molecule has 0 saturated heterocycles. The molecule has 1 aromatic rings. The van der Waals surface area contributed by atoms with Crippen LogP contribution in [0.2, 0.25) is 0 Å². The van der Waals surface area contributed by atoms with Crippen LogP contribution in [0.15, 0.2) is 41.8 Å². The summed E-state index contributed by atoms with van der Waals surface area (Å²) in [6.45, 7) is 6.82. The maximum absolute atomic E-state index is 6.03. The van der Waals surface area contributed by atoms with Crippen molar-refractivity contribution in [3.8, 4) is 0 Å². The number of hydrogen-bond donors (Lipinski definition) is 3. The largest absolute Gasteiger partial charge is 0.401 e. The molecule has 4 N–H and O–H groups in total. The summed E-state index contributed by atoms with van der Waals surface area (Å²) < 4.78 is 0. The van der Waals surface area contributed by atoms with E-state index in [0.29, 0.717) is 11.6 Å². The van der Waals surface area contributed by atoms with Crippen LogP contribution in [0.25, 0.3) is 5.70 Å². The number of nitrogens with one attached hydrogen (secondary N) is 2. The van der Waals surface area contributed by atoms with Crippen molar-refractivity contribution < 1.29 is 0 Å². The van der Waals surface area contributed by atoms with Crippen LogP contribution < -0.4 is 16.4 Å². The van der Waals surface area contributed by atoms with Gasteiger partial charge in [-0.15, -0.1) is 0 Å². The fraction of sp³-hybridized carbons (Fsp3) is 0.375. The van der Waals surface area contributed by atoms with Crippen molar-refractivity contribution in [2.75, 3.05) is 11.9 Å². The minimum absolute atomic E-state index is 0.158. The van der Waals surface area contributed by atoms with Gasteiger partial charge in [-0.1, -0.05) is 30.7 Å². The minimum Gasteiger partial charge on any atom is -0.401 e. The first kappa shape index (κ1) is 15.1. The van der Waals surface area contributed by atoms with Crippen molar-refractivity contribution in [1.82, 2.24) is 15.3 Å². The second-order valence-corrected chi connectivity index (χ2v) is 4.98. The van der Waals surface area contributed by atoms with E-state index in [9.17, 15) is 0 Å². The summed E-state index contributed by atoms with van der Waals surface area (Å²) in [5.41, 5.74) is 9.72. The van der Waals surface area contributed by atoms with E-state index in [0.717, 1.165) is 24.4 Å². The average molecular weight is 285 g/mol. The van der Waals surface area contributed by atoms with Crippen LogP contribution in [0.5, 0.6) is 0 Å². The lowest BCUT2D eigenvalue weighted by molar-refractivity contribution is 0.847. The van der Waals surface area contributed by atoms with Crippen molar-refractivity contribution >= 4 is 11.6 Å². The normalized spacial score (nSPS) is 18.2. The molecule has 0 amide bonds. The summed E-state index contributed by atoms with van der Waals surface area (Å²) in [5, 5.41) is 6.55. The van der Waals surface area contributed by atoms with E-state index in [1.807, 2.05) is 19.9 Å². The molecule has 2 rings (SSSR count). The number of nitrogens with two attached hydrogens (primary N) is 1. The Morgan fingerprint density at radius 2 is 2.19 bits per heavy atom. The third-order valence-electron chi connectivity index (χ3n) is 3.27. The zero-order valence-electron chi connectivity index (χ0n) is 12.9. The summed E-state index contributed by atoms with van der Waals surface area (Å²) in [6, 6.07) is 2.02. The highest BCUT2D eigenvalue weighted by Gasteiger charge is 2.13. The van der Waals surface area contributed by atoms with Crippen molar-refractivity contribution in [2.45, 2.75) is 33.2 Å². The highest BCUT2D eigenvalue weighted by Crippen LogP contribution is 2.18. The molecule has 1 atom stereocenters. The Hall–Kier alpha value is -2.30. The highest BCUT2D eigenvalue weighted by molar-refractivity contribution is 5.65. The first-order valence-electron chi connectivity index (χ1n) is 7.33. The number of aromatic nitrogens is 2. The van der Waals surface area contributed by atoms with Gasteiger partial charge in [0.2, 0.25) is 5.95 Å². The Morgan fingerprint density at radius 3 is 2.81 bits per heavy atom. The molecule has 1 aliphatic rings. The van der Waals surface area contributed by atoms with Crippen LogP contribution in [0.4, 0.5) is 5.95 Å². The molecule has 5 nitrogen and oxygen atoms in total. The Kier molecular flexibility index (Phi) is 4.98. The van der Waals surface area contributed by atoms with Crippen LogP contribution in [0, 0.1) is 0 Å². The molecule has 1 aliphatic carbocycles. The summed E-state index contributed by atoms with van der Waals surface area (Å²) in [4.78, 5) is 8.69. The molecule has 0 spiro atoms. The predicted octanol–water partition coefficient (Wildman–Crippen LogP) is 2.42. The lowest BCUT2D eigenvalue weighted by atomic mass is 10.2. The van der Waals surface area contributed by atoms with Crippen molar-refractivity contribution in [3.05, 3.63) is 47.5 Å². The van der Waals surface area contributed by atoms with Gasteiger partial charge in [-0.25, -0.2) is 9.97 Å². The van der Waals surface area contributed by atoms with Gasteiger partial charge in [0.15, 0.2) is 0 Å². The van der Waals surface area contributed by atoms with E-state index in [4.69, 9.17) is 5.73 Å². The van der Waals surface area contributed by atoms with Crippen molar-refractivity contribution in [1.29, 1.82) is 0 Å². The average Bonchev–Trinajstić information content (AvgIpc) is 2.93. The molecule has 21 heavy (non-hydrogen) atoms. The standard InChI is InChI=1S/C16H23N5/c1-4-12-6-7-13(10-12)20-15(11(3)17)14-8-9-19-16(21-14)18-5-2/h6-10,13,20H,4-5,17H2,1-3H3,(H,18,19,21)/b15-11-. The molecule has 0 bridgehead atoms. The molecule has 1 unspecified atom stereocenters. The molecule has 1 aromatic heterocycles. The molecule has 0 saturated carbocycles. The summed E-state index contributed by atoms with van der Waals surface area (Å²) in [6.07, 6.45) is 9.25. The van der Waals surface area contributed by atoms with Crippen LogP contribution >= 0.6 is 0 Å². The van der Waals surface area contributed by atoms with Crippen LogP contribution in [-0.4, -0.2) is 22.6 Å². The van der Waals surface area contributed by atoms with E-state index in [1.165, 1.54) is 5.57 Å². The fourth-order valence-corrected chi connectivity index (χ4v) is 2.19. The maximum atomic E-state index is 6.03. The van der Waals surface area contributed by atoms with Crippen LogP contribution in [0.1, 0.15) is 32.9 Å². The summed E-state index contributed by atoms with van der Waals surface area (Å²) >= 11 is 0. The Labute approximate surface area is 126 Å². The molecular formula is C16H23N5. The molecule has 1 heterocycles. The number of anilines is 1. The first-order chi connectivity index (χ1) is 10.1. The topological polar surface area (TPSA) is 75.9 Å². The van der Waals surface area contributed by atoms with E-state index >= 15 is 0 Å². The molecule has 5 heteroatoms. The second-order valence-electron chi connectivity index (χ2n) is 4.98. The van der Waals surface area contributed by atoms with Crippen LogP contribution in [-0.2, 0) is 0 Å². The lowest BCUT2D eigenvalue weighted by Gasteiger charge is -2.16. The van der Waals surface area contributed by atoms with Crippen molar-refractivity contribution in [3.63, 3.8) is 0 Å². The van der Waals surface area contributed by atoms with Gasteiger partial charge in [-0.2, -0.15) is 0 Å². The van der Waals surface area contributed by atoms with Gasteiger partial charge in [0.05, 0.1) is 17.4 Å². The summed E-state index contributed by atoms with van der Waals surface area (Å²) in [5.74, 6) is 0.613. The van der Waals surface area contributed by atoms with Gasteiger partial charge in [-0.05, 0) is 26.3 Å². The van der Waals surface area contributed by atoms with E-state index in [1.54, 1.807) is 6.20 Å². The predicted molar refractivity (Wildman–Crippen MR) is 87.4 cm³/mol. The second kappa shape index (κ2) is 6.92. The Balaban J connectivity index is 2.21. The minimum atomic E-state index is 0.158. The Morgan fingerprint density at radius 1 is 1.38 bits per heavy atom. The maximum Gasteiger partial charge on any atom is 0.223 e. The third-order valence-corrected chi connectivity index (χ3v) is 3.27. The smallest absolute Gasteiger partial charge is 0.223 e. The molecule has 0 aliphatic heterocycles. The summed E-state index contributed by atoms with van der Waals surface area (Å²) in [7, 11) is 0. The first-order valence-corrected chi connectivity index (χ1v) is 7.33. The van der Waals surface area contributed by atoms with Gasteiger partial charge >= 0.3 is 0 Å². The number of allylic oxidation sites excluding steroid dienone is 3. The Bertz CT molecular complexity index is 582. The van der Waals surface area contributed by atoms with E-state index < -0.39 is 0 Å². The van der Waals surface area contributed by atoms with E-state index in [2.05, 4.69) is 45.8 Å². The zero-order valence-corrected chi connectivity index (χ0v) is 12.9. The monoisotopic (exact) mass is 285 g/mol. The fourth-order valence-electron chi connectivity index (χ4n) is 2.19. The lowest BCUT2D eigenvalue weighted by Crippen LogP contribution is -2.25. The highest BCUT2D eigenvalue weighted by atomic mass is 15.1.